The predicted octanol–water partition coefficient (Wildman–Crippen LogP) is 3.13. The molecule has 0 fully saturated rings. The molecule has 1 amide bonds. The maximum atomic E-state index is 12.3. The van der Waals surface area contributed by atoms with Crippen LogP contribution >= 0.6 is 22.9 Å². The summed E-state index contributed by atoms with van der Waals surface area (Å²) in [5.74, 6) is 0.240. The molecule has 1 aromatic heterocycles. The van der Waals surface area contributed by atoms with Crippen molar-refractivity contribution in [1.82, 2.24) is 10.2 Å². The zero-order valence-corrected chi connectivity index (χ0v) is 14.0. The Morgan fingerprint density at radius 3 is 2.64 bits per heavy atom. The molecule has 8 heteroatoms. The predicted molar refractivity (Wildman–Crippen MR) is 85.4 cm³/mol. The number of ether oxygens (including phenoxy) is 2. The van der Waals surface area contributed by atoms with Crippen LogP contribution in [0, 0.1) is 0 Å². The van der Waals surface area contributed by atoms with E-state index >= 15 is 0 Å². The summed E-state index contributed by atoms with van der Waals surface area (Å²) >= 11 is 7.08. The number of amides is 1. The Morgan fingerprint density at radius 2 is 2.00 bits per heavy atom. The fourth-order valence-electron chi connectivity index (χ4n) is 1.58. The number of aromatic nitrogens is 2. The number of carbonyl (C=O) groups excluding carboxylic acids is 1. The molecule has 0 unspecified atom stereocenters. The van der Waals surface area contributed by atoms with Gasteiger partial charge in [-0.2, -0.15) is 0 Å². The number of methoxy groups -OCH3 is 1. The molecule has 0 aliphatic heterocycles. The van der Waals surface area contributed by atoms with E-state index in [0.717, 1.165) is 0 Å². The summed E-state index contributed by atoms with van der Waals surface area (Å²) in [6.45, 7) is 3.71. The van der Waals surface area contributed by atoms with E-state index < -0.39 is 5.60 Å². The zero-order chi connectivity index (χ0) is 16.2. The standard InChI is InChI=1S/C14H16ClN3O3S/c1-14(2,21-10-6-4-9(15)5-7-10)12(19)16-13-18-17-11(22-13)8-20-3/h4-7H,8H2,1-3H3,(H,16,18,19). The van der Waals surface area contributed by atoms with Crippen LogP contribution in [0.5, 0.6) is 5.75 Å². The van der Waals surface area contributed by atoms with E-state index in [4.69, 9.17) is 21.1 Å². The highest BCUT2D eigenvalue weighted by atomic mass is 35.5. The van der Waals surface area contributed by atoms with Crippen molar-refractivity contribution < 1.29 is 14.3 Å². The fraction of sp³-hybridized carbons (Fsp3) is 0.357. The van der Waals surface area contributed by atoms with E-state index in [0.29, 0.717) is 27.5 Å². The van der Waals surface area contributed by atoms with Crippen LogP contribution < -0.4 is 10.1 Å². The number of carbonyl (C=O) groups is 1. The summed E-state index contributed by atoms with van der Waals surface area (Å²) in [6.07, 6.45) is 0. The number of nitrogens with one attached hydrogen (secondary N) is 1. The maximum absolute atomic E-state index is 12.3. The average molecular weight is 342 g/mol. The molecular formula is C14H16ClN3O3S. The third kappa shape index (κ3) is 4.40. The van der Waals surface area contributed by atoms with Crippen LogP contribution in [0.25, 0.3) is 0 Å². The van der Waals surface area contributed by atoms with Crippen LogP contribution in [0.1, 0.15) is 18.9 Å². The molecule has 2 aromatic rings. The highest BCUT2D eigenvalue weighted by Crippen LogP contribution is 2.23. The van der Waals surface area contributed by atoms with Gasteiger partial charge in [0, 0.05) is 12.1 Å². The fourth-order valence-corrected chi connectivity index (χ4v) is 2.41. The minimum absolute atomic E-state index is 0.317. The summed E-state index contributed by atoms with van der Waals surface area (Å²) in [5.41, 5.74) is -1.07. The number of benzene rings is 1. The van der Waals surface area contributed by atoms with Crippen LogP contribution in [0.4, 0.5) is 5.13 Å². The van der Waals surface area contributed by atoms with Gasteiger partial charge in [-0.05, 0) is 38.1 Å². The maximum Gasteiger partial charge on any atom is 0.269 e. The van der Waals surface area contributed by atoms with Gasteiger partial charge in [0.15, 0.2) is 5.60 Å². The van der Waals surface area contributed by atoms with E-state index in [2.05, 4.69) is 15.5 Å². The smallest absolute Gasteiger partial charge is 0.269 e. The van der Waals surface area contributed by atoms with E-state index in [1.165, 1.54) is 11.3 Å². The third-order valence-electron chi connectivity index (χ3n) is 2.69. The molecule has 1 N–H and O–H groups in total. The van der Waals surface area contributed by atoms with E-state index in [-0.39, 0.29) is 5.91 Å². The van der Waals surface area contributed by atoms with E-state index in [9.17, 15) is 4.79 Å². The summed E-state index contributed by atoms with van der Waals surface area (Å²) in [4.78, 5) is 12.3. The molecule has 0 spiro atoms. The van der Waals surface area contributed by atoms with Crippen LogP contribution in [-0.4, -0.2) is 28.8 Å². The van der Waals surface area contributed by atoms with Gasteiger partial charge in [0.05, 0.1) is 0 Å². The second kappa shape index (κ2) is 7.04. The van der Waals surface area contributed by atoms with Crippen molar-refractivity contribution >= 4 is 34.0 Å². The largest absolute Gasteiger partial charge is 0.478 e. The first-order valence-corrected chi connectivity index (χ1v) is 7.67. The Morgan fingerprint density at radius 1 is 1.32 bits per heavy atom. The van der Waals surface area contributed by atoms with Gasteiger partial charge in [-0.3, -0.25) is 10.1 Å². The second-order valence-electron chi connectivity index (χ2n) is 4.95. The lowest BCUT2D eigenvalue weighted by molar-refractivity contribution is -0.128. The van der Waals surface area contributed by atoms with Crippen molar-refractivity contribution in [3.8, 4) is 5.75 Å². The number of anilines is 1. The Hall–Kier alpha value is -1.70. The van der Waals surface area contributed by atoms with Crippen LogP contribution in [0.2, 0.25) is 5.02 Å². The minimum Gasteiger partial charge on any atom is -0.478 e. The monoisotopic (exact) mass is 341 g/mol. The van der Waals surface area contributed by atoms with Crippen molar-refractivity contribution in [2.24, 2.45) is 0 Å². The molecule has 2 rings (SSSR count). The van der Waals surface area contributed by atoms with Gasteiger partial charge in [0.25, 0.3) is 5.91 Å². The molecule has 118 valence electrons. The van der Waals surface area contributed by atoms with Crippen LogP contribution in [0.3, 0.4) is 0 Å². The first-order valence-electron chi connectivity index (χ1n) is 6.48. The molecule has 0 aliphatic rings. The van der Waals surface area contributed by atoms with Crippen molar-refractivity contribution in [2.75, 3.05) is 12.4 Å². The SMILES string of the molecule is COCc1nnc(NC(=O)C(C)(C)Oc2ccc(Cl)cc2)s1. The molecule has 1 heterocycles. The molecule has 0 atom stereocenters. The topological polar surface area (TPSA) is 73.3 Å². The van der Waals surface area contributed by atoms with E-state index in [1.807, 2.05) is 0 Å². The number of hydrogen-bond acceptors (Lipinski definition) is 6. The van der Waals surface area contributed by atoms with Crippen LogP contribution in [0.15, 0.2) is 24.3 Å². The van der Waals surface area contributed by atoms with Crippen molar-refractivity contribution in [3.05, 3.63) is 34.3 Å². The van der Waals surface area contributed by atoms with Gasteiger partial charge in [-0.25, -0.2) is 0 Å². The Bertz CT molecular complexity index is 643. The molecule has 1 aromatic carbocycles. The van der Waals surface area contributed by atoms with Gasteiger partial charge >= 0.3 is 0 Å². The first kappa shape index (κ1) is 16.7. The molecule has 0 radical (unpaired) electrons. The highest BCUT2D eigenvalue weighted by molar-refractivity contribution is 7.15. The van der Waals surface area contributed by atoms with Crippen molar-refractivity contribution in [3.63, 3.8) is 0 Å². The van der Waals surface area contributed by atoms with Gasteiger partial charge < -0.3 is 9.47 Å². The first-order chi connectivity index (χ1) is 10.4. The minimum atomic E-state index is -1.07. The number of hydrogen-bond donors (Lipinski definition) is 1. The Balaban J connectivity index is 2.01. The van der Waals surface area contributed by atoms with Gasteiger partial charge in [-0.1, -0.05) is 22.9 Å². The van der Waals surface area contributed by atoms with Gasteiger partial charge in [0.1, 0.15) is 17.4 Å². The van der Waals surface area contributed by atoms with Gasteiger partial charge in [0.2, 0.25) is 5.13 Å². The van der Waals surface area contributed by atoms with Crippen molar-refractivity contribution in [2.45, 2.75) is 26.1 Å². The molecular weight excluding hydrogens is 326 g/mol. The average Bonchev–Trinajstić information content (AvgIpc) is 2.89. The molecule has 0 saturated carbocycles. The van der Waals surface area contributed by atoms with E-state index in [1.54, 1.807) is 45.2 Å². The molecule has 0 bridgehead atoms. The quantitative estimate of drug-likeness (QED) is 0.873. The highest BCUT2D eigenvalue weighted by Gasteiger charge is 2.30. The number of nitrogens with zero attached hydrogens (tertiary/aromatic N) is 2. The summed E-state index contributed by atoms with van der Waals surface area (Å²) in [7, 11) is 1.57. The number of halogens is 1. The summed E-state index contributed by atoms with van der Waals surface area (Å²) < 4.78 is 10.7. The Labute approximate surface area is 137 Å². The van der Waals surface area contributed by atoms with Crippen molar-refractivity contribution in [1.29, 1.82) is 0 Å². The molecule has 6 nitrogen and oxygen atoms in total. The molecule has 0 saturated heterocycles. The van der Waals surface area contributed by atoms with Crippen LogP contribution in [-0.2, 0) is 16.1 Å². The van der Waals surface area contributed by atoms with Gasteiger partial charge in [-0.15, -0.1) is 10.2 Å². The normalized spacial score (nSPS) is 11.3. The zero-order valence-electron chi connectivity index (χ0n) is 12.4. The Kier molecular flexibility index (Phi) is 5.33. The third-order valence-corrected chi connectivity index (χ3v) is 3.75. The second-order valence-corrected chi connectivity index (χ2v) is 6.45. The lowest BCUT2D eigenvalue weighted by Crippen LogP contribution is -2.42. The summed E-state index contributed by atoms with van der Waals surface area (Å²) in [6, 6.07) is 6.82. The summed E-state index contributed by atoms with van der Waals surface area (Å²) in [5, 5.41) is 12.2. The molecule has 0 aliphatic carbocycles. The lowest BCUT2D eigenvalue weighted by Gasteiger charge is -2.24. The number of rotatable bonds is 6. The molecule has 22 heavy (non-hydrogen) atoms. The lowest BCUT2D eigenvalue weighted by atomic mass is 10.1.